The fourth-order valence-corrected chi connectivity index (χ4v) is 2.17. The summed E-state index contributed by atoms with van der Waals surface area (Å²) in [6.45, 7) is 0. The van der Waals surface area contributed by atoms with Gasteiger partial charge in [-0.05, 0) is 41.3 Å². The third-order valence-electron chi connectivity index (χ3n) is 2.45. The highest BCUT2D eigenvalue weighted by molar-refractivity contribution is 8.02. The van der Waals surface area contributed by atoms with E-state index in [4.69, 9.17) is 0 Å². The lowest BCUT2D eigenvalue weighted by Crippen LogP contribution is -2.03. The zero-order valence-electron chi connectivity index (χ0n) is 9.89. The van der Waals surface area contributed by atoms with Gasteiger partial charge in [-0.15, -0.1) is 0 Å². The SMILES string of the molecule is FC(F)(F)c1ccc(/C=C/Sc2ccccc2)cc1. The molecule has 2 aromatic rings. The second kappa shape index (κ2) is 5.97. The highest BCUT2D eigenvalue weighted by atomic mass is 32.2. The van der Waals surface area contributed by atoms with Crippen molar-refractivity contribution in [1.29, 1.82) is 0 Å². The molecule has 0 amide bonds. The van der Waals surface area contributed by atoms with Crippen molar-refractivity contribution < 1.29 is 13.2 Å². The number of alkyl halides is 3. The molecule has 0 radical (unpaired) electrons. The van der Waals surface area contributed by atoms with Crippen LogP contribution in [0.4, 0.5) is 13.2 Å². The van der Waals surface area contributed by atoms with Crippen molar-refractivity contribution in [3.05, 3.63) is 71.1 Å². The third-order valence-corrected chi connectivity index (χ3v) is 3.26. The van der Waals surface area contributed by atoms with Crippen LogP contribution in [0.2, 0.25) is 0 Å². The molecule has 0 spiro atoms. The molecular weight excluding hydrogens is 269 g/mol. The zero-order chi connectivity index (χ0) is 13.7. The molecule has 0 aliphatic rings. The molecule has 0 aliphatic heterocycles. The van der Waals surface area contributed by atoms with E-state index in [-0.39, 0.29) is 0 Å². The molecule has 0 bridgehead atoms. The van der Waals surface area contributed by atoms with Crippen LogP contribution in [0.1, 0.15) is 11.1 Å². The van der Waals surface area contributed by atoms with Gasteiger partial charge in [0.2, 0.25) is 0 Å². The minimum Gasteiger partial charge on any atom is -0.166 e. The quantitative estimate of drug-likeness (QED) is 0.672. The van der Waals surface area contributed by atoms with Crippen molar-refractivity contribution in [2.45, 2.75) is 11.1 Å². The van der Waals surface area contributed by atoms with E-state index in [0.29, 0.717) is 0 Å². The number of hydrogen-bond acceptors (Lipinski definition) is 1. The Hall–Kier alpha value is -1.68. The largest absolute Gasteiger partial charge is 0.416 e. The highest BCUT2D eigenvalue weighted by Crippen LogP contribution is 2.29. The van der Waals surface area contributed by atoms with Gasteiger partial charge >= 0.3 is 6.18 Å². The summed E-state index contributed by atoms with van der Waals surface area (Å²) < 4.78 is 37.1. The van der Waals surface area contributed by atoms with Gasteiger partial charge in [0.25, 0.3) is 0 Å². The van der Waals surface area contributed by atoms with Gasteiger partial charge in [0.05, 0.1) is 5.56 Å². The van der Waals surface area contributed by atoms with Crippen LogP contribution in [0.25, 0.3) is 6.08 Å². The zero-order valence-corrected chi connectivity index (χ0v) is 10.7. The van der Waals surface area contributed by atoms with Crippen LogP contribution >= 0.6 is 11.8 Å². The molecule has 0 unspecified atom stereocenters. The molecule has 0 nitrogen and oxygen atoms in total. The Bertz CT molecular complexity index is 542. The molecule has 4 heteroatoms. The second-order valence-electron chi connectivity index (χ2n) is 3.85. The minimum atomic E-state index is -4.28. The van der Waals surface area contributed by atoms with Crippen molar-refractivity contribution in [2.75, 3.05) is 0 Å². The van der Waals surface area contributed by atoms with Gasteiger partial charge in [-0.25, -0.2) is 0 Å². The maximum atomic E-state index is 12.4. The van der Waals surface area contributed by atoms with Gasteiger partial charge in [-0.2, -0.15) is 13.2 Å². The van der Waals surface area contributed by atoms with Crippen LogP contribution in [0, 0.1) is 0 Å². The summed E-state index contributed by atoms with van der Waals surface area (Å²) in [5, 5.41) is 1.86. The first kappa shape index (κ1) is 13.7. The predicted molar refractivity (Wildman–Crippen MR) is 72.8 cm³/mol. The average Bonchev–Trinajstić information content (AvgIpc) is 2.39. The summed E-state index contributed by atoms with van der Waals surface area (Å²) in [5.41, 5.74) is 0.122. The van der Waals surface area contributed by atoms with Crippen molar-refractivity contribution >= 4 is 17.8 Å². The first-order chi connectivity index (χ1) is 9.05. The maximum absolute atomic E-state index is 12.4. The topological polar surface area (TPSA) is 0 Å². The summed E-state index contributed by atoms with van der Waals surface area (Å²) in [5.74, 6) is 0. The lowest BCUT2D eigenvalue weighted by molar-refractivity contribution is -0.137. The predicted octanol–water partition coefficient (Wildman–Crippen LogP) is 5.47. The molecular formula is C15H11F3S. The molecule has 2 aromatic carbocycles. The average molecular weight is 280 g/mol. The summed E-state index contributed by atoms with van der Waals surface area (Å²) in [6, 6.07) is 14.9. The van der Waals surface area contributed by atoms with Crippen LogP contribution in [0.5, 0.6) is 0 Å². The molecule has 0 N–H and O–H groups in total. The Labute approximate surface area is 114 Å². The number of thioether (sulfide) groups is 1. The molecule has 0 atom stereocenters. The fourth-order valence-electron chi connectivity index (χ4n) is 1.47. The van der Waals surface area contributed by atoms with E-state index in [1.165, 1.54) is 23.9 Å². The molecule has 19 heavy (non-hydrogen) atoms. The lowest BCUT2D eigenvalue weighted by Gasteiger charge is -2.05. The van der Waals surface area contributed by atoms with E-state index in [9.17, 15) is 13.2 Å². The van der Waals surface area contributed by atoms with Crippen molar-refractivity contribution in [3.8, 4) is 0 Å². The molecule has 0 heterocycles. The van der Waals surface area contributed by atoms with Gasteiger partial charge in [0.1, 0.15) is 0 Å². The van der Waals surface area contributed by atoms with Gasteiger partial charge in [-0.1, -0.05) is 42.1 Å². The molecule has 0 saturated carbocycles. The first-order valence-electron chi connectivity index (χ1n) is 5.61. The number of hydrogen-bond donors (Lipinski definition) is 0. The molecule has 0 fully saturated rings. The van der Waals surface area contributed by atoms with E-state index in [2.05, 4.69) is 0 Å². The van der Waals surface area contributed by atoms with Crippen LogP contribution < -0.4 is 0 Å². The Kier molecular flexibility index (Phi) is 4.32. The minimum absolute atomic E-state index is 0.625. The molecule has 98 valence electrons. The Morgan fingerprint density at radius 3 is 2.05 bits per heavy atom. The Balaban J connectivity index is 2.00. The normalized spacial score (nSPS) is 11.9. The fraction of sp³-hybridized carbons (Fsp3) is 0.0667. The number of rotatable bonds is 3. The Morgan fingerprint density at radius 2 is 1.47 bits per heavy atom. The standard InChI is InChI=1S/C15H11F3S/c16-15(17,18)13-8-6-12(7-9-13)10-11-19-14-4-2-1-3-5-14/h1-11H/b11-10+. The van der Waals surface area contributed by atoms with Gasteiger partial charge in [-0.3, -0.25) is 0 Å². The number of halogens is 3. The van der Waals surface area contributed by atoms with E-state index < -0.39 is 11.7 Å². The van der Waals surface area contributed by atoms with E-state index in [1.54, 1.807) is 6.08 Å². The van der Waals surface area contributed by atoms with Crippen molar-refractivity contribution in [1.82, 2.24) is 0 Å². The first-order valence-corrected chi connectivity index (χ1v) is 6.49. The van der Waals surface area contributed by atoms with Crippen LogP contribution in [0.3, 0.4) is 0 Å². The summed E-state index contributed by atoms with van der Waals surface area (Å²) in [7, 11) is 0. The number of benzene rings is 2. The van der Waals surface area contributed by atoms with E-state index >= 15 is 0 Å². The maximum Gasteiger partial charge on any atom is 0.416 e. The third kappa shape index (κ3) is 4.17. The van der Waals surface area contributed by atoms with Gasteiger partial charge in [0.15, 0.2) is 0 Å². The monoisotopic (exact) mass is 280 g/mol. The van der Waals surface area contributed by atoms with Crippen LogP contribution in [0.15, 0.2) is 64.9 Å². The molecule has 0 aromatic heterocycles. The Morgan fingerprint density at radius 1 is 0.842 bits per heavy atom. The second-order valence-corrected chi connectivity index (χ2v) is 4.83. The molecule has 0 saturated heterocycles. The van der Waals surface area contributed by atoms with Crippen molar-refractivity contribution in [2.24, 2.45) is 0 Å². The molecule has 2 rings (SSSR count). The highest BCUT2D eigenvalue weighted by Gasteiger charge is 2.29. The van der Waals surface area contributed by atoms with E-state index in [1.807, 2.05) is 35.7 Å². The summed E-state index contributed by atoms with van der Waals surface area (Å²) in [6.07, 6.45) is -2.49. The van der Waals surface area contributed by atoms with Crippen LogP contribution in [-0.2, 0) is 6.18 Å². The summed E-state index contributed by atoms with van der Waals surface area (Å²) >= 11 is 1.52. The van der Waals surface area contributed by atoms with Crippen molar-refractivity contribution in [3.63, 3.8) is 0 Å². The summed E-state index contributed by atoms with van der Waals surface area (Å²) in [4.78, 5) is 1.09. The van der Waals surface area contributed by atoms with Gasteiger partial charge < -0.3 is 0 Å². The van der Waals surface area contributed by atoms with E-state index in [0.717, 1.165) is 22.6 Å². The lowest BCUT2D eigenvalue weighted by atomic mass is 10.1. The molecule has 0 aliphatic carbocycles. The van der Waals surface area contributed by atoms with Gasteiger partial charge in [0, 0.05) is 4.90 Å². The van der Waals surface area contributed by atoms with Crippen LogP contribution in [-0.4, -0.2) is 0 Å². The smallest absolute Gasteiger partial charge is 0.166 e.